The Labute approximate surface area is 168 Å². The number of nitrogens with one attached hydrogen (secondary N) is 1. The SMILES string of the molecule is Cc1c(Br)cc(/C=N/NC(=O)COc2ccc3ccccc3c2)cc1Br. The Hall–Kier alpha value is -2.18. The fourth-order valence-electron chi connectivity index (χ4n) is 2.36. The van der Waals surface area contributed by atoms with Gasteiger partial charge in [-0.2, -0.15) is 5.10 Å². The Bertz CT molecular complexity index is 963. The number of fused-ring (bicyclic) bond motifs is 1. The normalized spacial score (nSPS) is 11.0. The Kier molecular flexibility index (Phi) is 6.06. The lowest BCUT2D eigenvalue weighted by Gasteiger charge is -2.06. The minimum absolute atomic E-state index is 0.100. The summed E-state index contributed by atoms with van der Waals surface area (Å²) in [4.78, 5) is 11.9. The van der Waals surface area contributed by atoms with E-state index < -0.39 is 0 Å². The molecular weight excluding hydrogens is 460 g/mol. The first-order chi connectivity index (χ1) is 12.5. The molecule has 26 heavy (non-hydrogen) atoms. The third-order valence-electron chi connectivity index (χ3n) is 3.80. The van der Waals surface area contributed by atoms with Gasteiger partial charge in [-0.3, -0.25) is 4.79 Å². The number of benzene rings is 3. The maximum Gasteiger partial charge on any atom is 0.277 e. The fourth-order valence-corrected chi connectivity index (χ4v) is 3.58. The number of amides is 1. The summed E-state index contributed by atoms with van der Waals surface area (Å²) in [5.41, 5.74) is 4.44. The van der Waals surface area contributed by atoms with E-state index in [1.807, 2.05) is 61.5 Å². The van der Waals surface area contributed by atoms with Crippen LogP contribution in [0.4, 0.5) is 0 Å². The van der Waals surface area contributed by atoms with E-state index in [0.717, 1.165) is 30.8 Å². The van der Waals surface area contributed by atoms with Gasteiger partial charge in [0, 0.05) is 8.95 Å². The fraction of sp³-hybridized carbons (Fsp3) is 0.100. The van der Waals surface area contributed by atoms with Crippen molar-refractivity contribution in [2.45, 2.75) is 6.92 Å². The van der Waals surface area contributed by atoms with E-state index in [9.17, 15) is 4.79 Å². The van der Waals surface area contributed by atoms with Crippen molar-refractivity contribution < 1.29 is 9.53 Å². The van der Waals surface area contributed by atoms with Crippen LogP contribution in [0.3, 0.4) is 0 Å². The van der Waals surface area contributed by atoms with Crippen LogP contribution in [-0.4, -0.2) is 18.7 Å². The number of hydrogen-bond acceptors (Lipinski definition) is 3. The van der Waals surface area contributed by atoms with E-state index in [4.69, 9.17) is 4.74 Å². The quantitative estimate of drug-likeness (QED) is 0.407. The van der Waals surface area contributed by atoms with Crippen LogP contribution in [-0.2, 0) is 4.79 Å². The highest BCUT2D eigenvalue weighted by Crippen LogP contribution is 2.25. The number of halogens is 2. The van der Waals surface area contributed by atoms with Crippen LogP contribution in [0, 0.1) is 6.92 Å². The molecule has 4 nitrogen and oxygen atoms in total. The van der Waals surface area contributed by atoms with Crippen LogP contribution in [0.5, 0.6) is 5.75 Å². The molecule has 132 valence electrons. The number of carbonyl (C=O) groups is 1. The van der Waals surface area contributed by atoms with Gasteiger partial charge in [0.2, 0.25) is 0 Å². The first-order valence-electron chi connectivity index (χ1n) is 7.92. The van der Waals surface area contributed by atoms with Crippen molar-refractivity contribution in [1.29, 1.82) is 0 Å². The van der Waals surface area contributed by atoms with Crippen molar-refractivity contribution in [3.8, 4) is 5.75 Å². The molecule has 0 saturated carbocycles. The standard InChI is InChI=1S/C20H16Br2N2O2/c1-13-18(21)8-14(9-19(13)22)11-23-24-20(25)12-26-17-7-6-15-4-2-3-5-16(15)10-17/h2-11H,12H2,1H3,(H,24,25)/b23-11+. The van der Waals surface area contributed by atoms with E-state index in [0.29, 0.717) is 5.75 Å². The summed E-state index contributed by atoms with van der Waals surface area (Å²) in [6.07, 6.45) is 1.59. The smallest absolute Gasteiger partial charge is 0.277 e. The molecule has 0 unspecified atom stereocenters. The molecule has 0 saturated heterocycles. The van der Waals surface area contributed by atoms with Crippen LogP contribution in [0.15, 0.2) is 68.6 Å². The zero-order valence-electron chi connectivity index (χ0n) is 14.0. The highest BCUT2D eigenvalue weighted by molar-refractivity contribution is 9.11. The summed E-state index contributed by atoms with van der Waals surface area (Å²) in [5.74, 6) is 0.328. The van der Waals surface area contributed by atoms with Gasteiger partial charge in [-0.05, 0) is 53.1 Å². The molecule has 6 heteroatoms. The second kappa shape index (κ2) is 8.47. The number of ether oxygens (including phenoxy) is 1. The van der Waals surface area contributed by atoms with E-state index >= 15 is 0 Å². The van der Waals surface area contributed by atoms with Crippen molar-refractivity contribution in [2.24, 2.45) is 5.10 Å². The molecule has 0 atom stereocenters. The van der Waals surface area contributed by atoms with Gasteiger partial charge in [0.15, 0.2) is 6.61 Å². The Balaban J connectivity index is 1.55. The van der Waals surface area contributed by atoms with Gasteiger partial charge in [-0.1, -0.05) is 62.2 Å². The maximum atomic E-state index is 11.9. The Morgan fingerprint density at radius 2 is 1.77 bits per heavy atom. The monoisotopic (exact) mass is 474 g/mol. The van der Waals surface area contributed by atoms with E-state index in [1.54, 1.807) is 6.21 Å². The van der Waals surface area contributed by atoms with Crippen molar-refractivity contribution >= 4 is 54.8 Å². The van der Waals surface area contributed by atoms with Gasteiger partial charge < -0.3 is 4.74 Å². The molecule has 0 bridgehead atoms. The molecule has 3 aromatic rings. The molecule has 0 aromatic heterocycles. The zero-order chi connectivity index (χ0) is 18.5. The van der Waals surface area contributed by atoms with Crippen LogP contribution in [0.25, 0.3) is 10.8 Å². The summed E-state index contributed by atoms with van der Waals surface area (Å²) in [7, 11) is 0. The number of hydrazone groups is 1. The van der Waals surface area contributed by atoms with E-state index in [2.05, 4.69) is 42.4 Å². The number of rotatable bonds is 5. The molecule has 0 aliphatic carbocycles. The lowest BCUT2D eigenvalue weighted by molar-refractivity contribution is -0.123. The van der Waals surface area contributed by atoms with Crippen LogP contribution < -0.4 is 10.2 Å². The molecule has 3 aromatic carbocycles. The average molecular weight is 476 g/mol. The van der Waals surface area contributed by atoms with E-state index in [-0.39, 0.29) is 12.5 Å². The summed E-state index contributed by atoms with van der Waals surface area (Å²) >= 11 is 6.97. The van der Waals surface area contributed by atoms with Gasteiger partial charge in [0.05, 0.1) is 6.21 Å². The van der Waals surface area contributed by atoms with Gasteiger partial charge in [0.25, 0.3) is 5.91 Å². The van der Waals surface area contributed by atoms with E-state index in [1.165, 1.54) is 0 Å². The summed E-state index contributed by atoms with van der Waals surface area (Å²) in [6, 6.07) is 17.6. The molecule has 0 aliphatic rings. The molecule has 0 fully saturated rings. The topological polar surface area (TPSA) is 50.7 Å². The number of hydrogen-bond donors (Lipinski definition) is 1. The van der Waals surface area contributed by atoms with Crippen LogP contribution in [0.1, 0.15) is 11.1 Å². The van der Waals surface area contributed by atoms with Gasteiger partial charge in [-0.25, -0.2) is 5.43 Å². The first-order valence-corrected chi connectivity index (χ1v) is 9.51. The minimum Gasteiger partial charge on any atom is -0.484 e. The number of nitrogens with zero attached hydrogens (tertiary/aromatic N) is 1. The Morgan fingerprint density at radius 3 is 2.50 bits per heavy atom. The molecular formula is C20H16Br2N2O2. The maximum absolute atomic E-state index is 11.9. The average Bonchev–Trinajstić information content (AvgIpc) is 2.64. The molecule has 1 amide bonds. The van der Waals surface area contributed by atoms with Crippen LogP contribution >= 0.6 is 31.9 Å². The van der Waals surface area contributed by atoms with Gasteiger partial charge in [-0.15, -0.1) is 0 Å². The predicted molar refractivity (Wildman–Crippen MR) is 112 cm³/mol. The van der Waals surface area contributed by atoms with Crippen molar-refractivity contribution in [3.05, 3.63) is 74.7 Å². The summed E-state index contributed by atoms with van der Waals surface area (Å²) < 4.78 is 7.47. The van der Waals surface area contributed by atoms with Gasteiger partial charge >= 0.3 is 0 Å². The number of carbonyl (C=O) groups excluding carboxylic acids is 1. The summed E-state index contributed by atoms with van der Waals surface area (Å²) in [5, 5.41) is 6.17. The molecule has 0 radical (unpaired) electrons. The second-order valence-corrected chi connectivity index (χ2v) is 7.41. The highest BCUT2D eigenvalue weighted by Gasteiger charge is 2.04. The third-order valence-corrected chi connectivity index (χ3v) is 5.44. The van der Waals surface area contributed by atoms with Crippen molar-refractivity contribution in [2.75, 3.05) is 6.61 Å². The molecule has 0 heterocycles. The zero-order valence-corrected chi connectivity index (χ0v) is 17.2. The molecule has 3 rings (SSSR count). The molecule has 0 aliphatic heterocycles. The largest absolute Gasteiger partial charge is 0.484 e. The first kappa shape index (κ1) is 18.6. The van der Waals surface area contributed by atoms with Crippen LogP contribution in [0.2, 0.25) is 0 Å². The lowest BCUT2D eigenvalue weighted by Crippen LogP contribution is -2.24. The van der Waals surface area contributed by atoms with Crippen molar-refractivity contribution in [3.63, 3.8) is 0 Å². The minimum atomic E-state index is -0.320. The highest BCUT2D eigenvalue weighted by atomic mass is 79.9. The van der Waals surface area contributed by atoms with Crippen molar-refractivity contribution in [1.82, 2.24) is 5.43 Å². The molecule has 1 N–H and O–H groups in total. The molecule has 0 spiro atoms. The third kappa shape index (κ3) is 4.71. The Morgan fingerprint density at radius 1 is 1.08 bits per heavy atom. The lowest BCUT2D eigenvalue weighted by atomic mass is 10.1. The summed E-state index contributed by atoms with van der Waals surface area (Å²) in [6.45, 7) is 1.90. The predicted octanol–water partition coefficient (Wildman–Crippen LogP) is 5.20. The second-order valence-electron chi connectivity index (χ2n) is 5.70. The van der Waals surface area contributed by atoms with Gasteiger partial charge in [0.1, 0.15) is 5.75 Å².